The fraction of sp³-hybridized carbons (Fsp3) is 0.485. The topological polar surface area (TPSA) is 52.6 Å². The molecule has 3 aromatic rings. The van der Waals surface area contributed by atoms with Crippen LogP contribution in [0.4, 0.5) is 13.2 Å². The minimum Gasteiger partial charge on any atom is -0.338 e. The molecule has 4 atom stereocenters. The third-order valence-electron chi connectivity index (χ3n) is 9.79. The van der Waals surface area contributed by atoms with Gasteiger partial charge in [-0.15, -0.1) is 0 Å². The summed E-state index contributed by atoms with van der Waals surface area (Å²) in [6, 6.07) is 16.1. The molecule has 6 rings (SSSR count). The maximum absolute atomic E-state index is 13.4. The molecule has 3 aliphatic rings. The van der Waals surface area contributed by atoms with Gasteiger partial charge in [-0.2, -0.15) is 13.2 Å². The van der Waals surface area contributed by atoms with E-state index in [1.54, 1.807) is 12.1 Å². The number of carbonyl (C=O) groups is 1. The number of benzene rings is 2. The number of likely N-dealkylation sites (tertiary alicyclic amines) is 1. The molecule has 3 heterocycles. The highest BCUT2D eigenvalue weighted by Gasteiger charge is 2.61. The Morgan fingerprint density at radius 1 is 0.976 bits per heavy atom. The first kappa shape index (κ1) is 28.8. The smallest absolute Gasteiger partial charge is 0.338 e. The Morgan fingerprint density at radius 3 is 2.29 bits per heavy atom. The van der Waals surface area contributed by atoms with E-state index in [0.29, 0.717) is 11.5 Å². The highest BCUT2D eigenvalue weighted by molar-refractivity contribution is 5.96. The summed E-state index contributed by atoms with van der Waals surface area (Å²) in [6.45, 7) is 10.1. The van der Waals surface area contributed by atoms with Gasteiger partial charge in [0, 0.05) is 50.3 Å². The Morgan fingerprint density at radius 2 is 1.67 bits per heavy atom. The van der Waals surface area contributed by atoms with Gasteiger partial charge >= 0.3 is 6.18 Å². The number of rotatable bonds is 6. The molecule has 3 fully saturated rings. The molecule has 6 nitrogen and oxygen atoms in total. The van der Waals surface area contributed by atoms with Crippen LogP contribution in [0.25, 0.3) is 0 Å². The molecule has 2 aliphatic heterocycles. The molecule has 222 valence electrons. The number of nitrogens with zero attached hydrogens (tertiary/aromatic N) is 5. The Labute approximate surface area is 245 Å². The third-order valence-corrected chi connectivity index (χ3v) is 9.79. The standard InChI is InChI=1S/C33H38F3N5O/c1-22-19-40(32-13-14-39(20-28(32)18-32)31(42)30-23(2)37-21-38-24(30)3)15-16-41(22)29(17-25-7-5-4-6-8-25)26-9-11-27(12-10-26)33(34,35)36/h4-12,21-22,28-29H,13-20H2,1-3H3/t22-,28?,29-,32?/m0/s1. The van der Waals surface area contributed by atoms with Crippen molar-refractivity contribution < 1.29 is 18.0 Å². The van der Waals surface area contributed by atoms with Crippen LogP contribution in [0.5, 0.6) is 0 Å². The van der Waals surface area contributed by atoms with Crippen molar-refractivity contribution in [2.24, 2.45) is 5.92 Å². The van der Waals surface area contributed by atoms with Crippen LogP contribution in [0.1, 0.15) is 64.2 Å². The van der Waals surface area contributed by atoms with E-state index in [2.05, 4.69) is 38.8 Å². The van der Waals surface area contributed by atoms with Gasteiger partial charge in [0.15, 0.2) is 0 Å². The molecule has 2 aromatic carbocycles. The van der Waals surface area contributed by atoms with Crippen molar-refractivity contribution in [3.63, 3.8) is 0 Å². The zero-order valence-corrected chi connectivity index (χ0v) is 24.4. The summed E-state index contributed by atoms with van der Waals surface area (Å²) in [5, 5.41) is 0. The molecule has 1 aromatic heterocycles. The average Bonchev–Trinajstić information content (AvgIpc) is 3.71. The minimum absolute atomic E-state index is 0.0154. The van der Waals surface area contributed by atoms with Gasteiger partial charge < -0.3 is 4.90 Å². The lowest BCUT2D eigenvalue weighted by Gasteiger charge is -2.48. The summed E-state index contributed by atoms with van der Waals surface area (Å²) in [6.07, 6.45) is -0.0532. The third kappa shape index (κ3) is 5.44. The summed E-state index contributed by atoms with van der Waals surface area (Å²) in [4.78, 5) is 29.0. The predicted molar refractivity (Wildman–Crippen MR) is 155 cm³/mol. The fourth-order valence-corrected chi connectivity index (χ4v) is 7.38. The minimum atomic E-state index is -4.35. The molecule has 9 heteroatoms. The first-order valence-electron chi connectivity index (χ1n) is 14.9. The SMILES string of the molecule is Cc1ncnc(C)c1C(=O)N1CCC2(N3CCN([C@@H](Cc4ccccc4)c4ccc(C(F)(F)F)cc4)[C@@H](C)C3)CC2C1. The maximum Gasteiger partial charge on any atom is 0.416 e. The van der Waals surface area contributed by atoms with Crippen LogP contribution in [-0.4, -0.2) is 74.9 Å². The number of hydrogen-bond donors (Lipinski definition) is 0. The first-order chi connectivity index (χ1) is 20.1. The second-order valence-electron chi connectivity index (χ2n) is 12.3. The number of carbonyl (C=O) groups excluding carboxylic acids is 1. The molecule has 0 radical (unpaired) electrons. The predicted octanol–water partition coefficient (Wildman–Crippen LogP) is 5.71. The number of aromatic nitrogens is 2. The van der Waals surface area contributed by atoms with Crippen molar-refractivity contribution >= 4 is 5.91 Å². The summed E-state index contributed by atoms with van der Waals surface area (Å²) in [7, 11) is 0. The van der Waals surface area contributed by atoms with Crippen LogP contribution in [0.3, 0.4) is 0 Å². The molecule has 1 saturated carbocycles. The van der Waals surface area contributed by atoms with Crippen molar-refractivity contribution in [2.75, 3.05) is 32.7 Å². The van der Waals surface area contributed by atoms with Gasteiger partial charge in [-0.3, -0.25) is 14.6 Å². The number of piperazine rings is 1. The number of fused-ring (bicyclic) bond motifs is 1. The quantitative estimate of drug-likeness (QED) is 0.376. The van der Waals surface area contributed by atoms with E-state index >= 15 is 0 Å². The largest absolute Gasteiger partial charge is 0.416 e. The van der Waals surface area contributed by atoms with Crippen LogP contribution in [0.2, 0.25) is 0 Å². The Hall–Kier alpha value is -3.30. The average molecular weight is 578 g/mol. The molecule has 0 spiro atoms. The zero-order chi connectivity index (χ0) is 29.6. The van der Waals surface area contributed by atoms with Crippen molar-refractivity contribution in [3.05, 3.63) is 94.6 Å². The maximum atomic E-state index is 13.4. The van der Waals surface area contributed by atoms with Gasteiger partial charge in [0.1, 0.15) is 6.33 Å². The molecule has 1 amide bonds. The normalized spacial score (nSPS) is 25.6. The van der Waals surface area contributed by atoms with Crippen LogP contribution in [-0.2, 0) is 12.6 Å². The molecule has 0 N–H and O–H groups in total. The van der Waals surface area contributed by atoms with Gasteiger partial charge in [-0.25, -0.2) is 9.97 Å². The molecular weight excluding hydrogens is 539 g/mol. The van der Waals surface area contributed by atoms with Crippen LogP contribution < -0.4 is 0 Å². The van der Waals surface area contributed by atoms with Gasteiger partial charge in [0.2, 0.25) is 0 Å². The van der Waals surface area contributed by atoms with E-state index in [4.69, 9.17) is 0 Å². The van der Waals surface area contributed by atoms with Crippen molar-refractivity contribution in [1.29, 1.82) is 0 Å². The molecule has 1 aliphatic carbocycles. The highest BCUT2D eigenvalue weighted by atomic mass is 19.4. The fourth-order valence-electron chi connectivity index (χ4n) is 7.38. The Kier molecular flexibility index (Phi) is 7.60. The van der Waals surface area contributed by atoms with E-state index < -0.39 is 11.7 Å². The number of halogens is 3. The lowest BCUT2D eigenvalue weighted by Crippen LogP contribution is -2.59. The van der Waals surface area contributed by atoms with E-state index in [1.165, 1.54) is 24.0 Å². The summed E-state index contributed by atoms with van der Waals surface area (Å²) >= 11 is 0. The number of alkyl halides is 3. The number of hydrogen-bond acceptors (Lipinski definition) is 5. The monoisotopic (exact) mass is 577 g/mol. The second-order valence-corrected chi connectivity index (χ2v) is 12.3. The first-order valence-corrected chi connectivity index (χ1v) is 14.9. The van der Waals surface area contributed by atoms with Crippen molar-refractivity contribution in [2.45, 2.75) is 63.8 Å². The van der Waals surface area contributed by atoms with Crippen LogP contribution in [0, 0.1) is 19.8 Å². The molecule has 0 bridgehead atoms. The van der Waals surface area contributed by atoms with Gasteiger partial charge in [0.25, 0.3) is 5.91 Å². The van der Waals surface area contributed by atoms with Crippen molar-refractivity contribution in [1.82, 2.24) is 24.7 Å². The molecule has 2 saturated heterocycles. The molecule has 42 heavy (non-hydrogen) atoms. The van der Waals surface area contributed by atoms with Crippen LogP contribution in [0.15, 0.2) is 60.9 Å². The van der Waals surface area contributed by atoms with E-state index in [9.17, 15) is 18.0 Å². The molecular formula is C33H38F3N5O. The van der Waals surface area contributed by atoms with Gasteiger partial charge in [-0.05, 0) is 69.2 Å². The number of aryl methyl sites for hydroxylation is 2. The number of piperidine rings is 1. The van der Waals surface area contributed by atoms with E-state index in [1.807, 2.05) is 36.9 Å². The van der Waals surface area contributed by atoms with E-state index in [0.717, 1.165) is 68.9 Å². The summed E-state index contributed by atoms with van der Waals surface area (Å²) in [5.74, 6) is 0.485. The Bertz CT molecular complexity index is 1410. The Balaban J connectivity index is 1.15. The lowest BCUT2D eigenvalue weighted by atomic mass is 9.93. The molecule has 2 unspecified atom stereocenters. The van der Waals surface area contributed by atoms with Crippen molar-refractivity contribution in [3.8, 4) is 0 Å². The summed E-state index contributed by atoms with van der Waals surface area (Å²) < 4.78 is 39.9. The number of amides is 1. The van der Waals surface area contributed by atoms with E-state index in [-0.39, 0.29) is 23.5 Å². The lowest BCUT2D eigenvalue weighted by molar-refractivity contribution is -0.137. The van der Waals surface area contributed by atoms with Gasteiger partial charge in [-0.1, -0.05) is 42.5 Å². The van der Waals surface area contributed by atoms with Crippen LogP contribution >= 0.6 is 0 Å². The highest BCUT2D eigenvalue weighted by Crippen LogP contribution is 2.55. The zero-order valence-electron chi connectivity index (χ0n) is 24.4. The summed E-state index contributed by atoms with van der Waals surface area (Å²) in [5.41, 5.74) is 3.68. The van der Waals surface area contributed by atoms with Gasteiger partial charge in [0.05, 0.1) is 22.5 Å². The second kappa shape index (κ2) is 11.1.